The first kappa shape index (κ1) is 11.4. The van der Waals surface area contributed by atoms with Gasteiger partial charge in [0.05, 0.1) is 0 Å². The van der Waals surface area contributed by atoms with Gasteiger partial charge in [-0.2, -0.15) is 0 Å². The molecule has 2 heteroatoms. The van der Waals surface area contributed by atoms with Crippen LogP contribution in [0.15, 0.2) is 0 Å². The Labute approximate surface area is 93.7 Å². The van der Waals surface area contributed by atoms with E-state index in [-0.39, 0.29) is 0 Å². The van der Waals surface area contributed by atoms with Crippen LogP contribution in [0.3, 0.4) is 0 Å². The molecular weight excluding hydrogens is 186 g/mol. The van der Waals surface area contributed by atoms with Gasteiger partial charge in [0, 0.05) is 19.2 Å². The van der Waals surface area contributed by atoms with Crippen molar-refractivity contribution >= 4 is 0 Å². The van der Waals surface area contributed by atoms with Crippen LogP contribution in [0.4, 0.5) is 0 Å². The maximum atomic E-state index is 9.17. The van der Waals surface area contributed by atoms with Crippen LogP contribution in [0.25, 0.3) is 0 Å². The summed E-state index contributed by atoms with van der Waals surface area (Å²) in [6, 6.07) is 0.797. The van der Waals surface area contributed by atoms with E-state index in [1.54, 1.807) is 0 Å². The summed E-state index contributed by atoms with van der Waals surface area (Å²) in [5.41, 5.74) is 0. The number of aliphatic hydroxyl groups is 1. The Balaban J connectivity index is 1.92. The molecule has 4 atom stereocenters. The van der Waals surface area contributed by atoms with Gasteiger partial charge in [-0.3, -0.25) is 4.90 Å². The Morgan fingerprint density at radius 2 is 2.00 bits per heavy atom. The van der Waals surface area contributed by atoms with Crippen molar-refractivity contribution in [3.05, 3.63) is 0 Å². The van der Waals surface area contributed by atoms with Crippen LogP contribution < -0.4 is 0 Å². The summed E-state index contributed by atoms with van der Waals surface area (Å²) < 4.78 is 0. The molecule has 0 aromatic carbocycles. The van der Waals surface area contributed by atoms with Crippen molar-refractivity contribution in [2.75, 3.05) is 19.7 Å². The van der Waals surface area contributed by atoms with Crippen molar-refractivity contribution < 1.29 is 5.11 Å². The molecule has 2 fully saturated rings. The molecule has 2 nitrogen and oxygen atoms in total. The molecule has 1 N–H and O–H groups in total. The summed E-state index contributed by atoms with van der Waals surface area (Å²) in [7, 11) is 0. The minimum Gasteiger partial charge on any atom is -0.396 e. The summed E-state index contributed by atoms with van der Waals surface area (Å²) in [5.74, 6) is 2.28. The second-order valence-corrected chi connectivity index (χ2v) is 5.67. The van der Waals surface area contributed by atoms with Gasteiger partial charge >= 0.3 is 0 Å². The summed E-state index contributed by atoms with van der Waals surface area (Å²) in [4.78, 5) is 2.64. The third kappa shape index (κ3) is 2.36. The molecule has 0 bridgehead atoms. The van der Waals surface area contributed by atoms with Crippen molar-refractivity contribution in [2.24, 2.45) is 17.8 Å². The molecule has 1 aliphatic heterocycles. The number of hydrogen-bond acceptors (Lipinski definition) is 2. The fraction of sp³-hybridized carbons (Fsp3) is 1.00. The largest absolute Gasteiger partial charge is 0.396 e. The quantitative estimate of drug-likeness (QED) is 0.756. The Morgan fingerprint density at radius 1 is 1.20 bits per heavy atom. The highest BCUT2D eigenvalue weighted by Crippen LogP contribution is 2.35. The van der Waals surface area contributed by atoms with Gasteiger partial charge in [-0.25, -0.2) is 0 Å². The third-order valence-corrected chi connectivity index (χ3v) is 4.71. The lowest BCUT2D eigenvalue weighted by atomic mass is 9.77. The SMILES string of the molecule is CC1CCCC(N2CCC(CO)C2)C1C. The van der Waals surface area contributed by atoms with Gasteiger partial charge < -0.3 is 5.11 Å². The first-order valence-corrected chi connectivity index (χ1v) is 6.57. The maximum absolute atomic E-state index is 9.17. The first-order chi connectivity index (χ1) is 7.22. The van der Waals surface area contributed by atoms with E-state index in [1.807, 2.05) is 0 Å². The van der Waals surface area contributed by atoms with Crippen molar-refractivity contribution in [1.82, 2.24) is 4.90 Å². The number of hydrogen-bond donors (Lipinski definition) is 1. The first-order valence-electron chi connectivity index (χ1n) is 6.57. The molecule has 88 valence electrons. The summed E-state index contributed by atoms with van der Waals surface area (Å²) in [6.07, 6.45) is 5.39. The molecule has 1 saturated carbocycles. The van der Waals surface area contributed by atoms with Gasteiger partial charge in [0.15, 0.2) is 0 Å². The van der Waals surface area contributed by atoms with Crippen LogP contribution in [-0.2, 0) is 0 Å². The monoisotopic (exact) mass is 211 g/mol. The highest BCUT2D eigenvalue weighted by molar-refractivity contribution is 4.88. The van der Waals surface area contributed by atoms with Crippen molar-refractivity contribution in [2.45, 2.75) is 45.6 Å². The van der Waals surface area contributed by atoms with Gasteiger partial charge in [0.2, 0.25) is 0 Å². The van der Waals surface area contributed by atoms with E-state index in [1.165, 1.54) is 32.2 Å². The fourth-order valence-corrected chi connectivity index (χ4v) is 3.38. The Hall–Kier alpha value is -0.0800. The van der Waals surface area contributed by atoms with Gasteiger partial charge in [-0.1, -0.05) is 26.7 Å². The highest BCUT2D eigenvalue weighted by atomic mass is 16.3. The summed E-state index contributed by atoms with van der Waals surface area (Å²) in [5, 5.41) is 9.17. The van der Waals surface area contributed by atoms with Gasteiger partial charge in [-0.15, -0.1) is 0 Å². The smallest absolute Gasteiger partial charge is 0.0471 e. The Morgan fingerprint density at radius 3 is 2.67 bits per heavy atom. The average molecular weight is 211 g/mol. The zero-order valence-electron chi connectivity index (χ0n) is 10.2. The molecule has 1 heterocycles. The molecule has 0 amide bonds. The second-order valence-electron chi connectivity index (χ2n) is 5.67. The molecule has 1 aliphatic carbocycles. The van der Waals surface area contributed by atoms with E-state index in [2.05, 4.69) is 18.7 Å². The van der Waals surface area contributed by atoms with Crippen LogP contribution in [0.1, 0.15) is 39.5 Å². The molecule has 1 saturated heterocycles. The van der Waals surface area contributed by atoms with Crippen LogP contribution >= 0.6 is 0 Å². The fourth-order valence-electron chi connectivity index (χ4n) is 3.38. The van der Waals surface area contributed by atoms with E-state index in [4.69, 9.17) is 0 Å². The lowest BCUT2D eigenvalue weighted by Crippen LogP contribution is -2.43. The predicted octanol–water partition coefficient (Wildman–Crippen LogP) is 2.13. The molecule has 2 rings (SSSR count). The van der Waals surface area contributed by atoms with E-state index in [0.29, 0.717) is 12.5 Å². The van der Waals surface area contributed by atoms with Crippen LogP contribution in [0.5, 0.6) is 0 Å². The zero-order chi connectivity index (χ0) is 10.8. The van der Waals surface area contributed by atoms with E-state index >= 15 is 0 Å². The van der Waals surface area contributed by atoms with Crippen LogP contribution in [-0.4, -0.2) is 35.7 Å². The van der Waals surface area contributed by atoms with Crippen molar-refractivity contribution in [3.8, 4) is 0 Å². The standard InChI is InChI=1S/C13H25NO/c1-10-4-3-5-13(11(10)2)14-7-6-12(8-14)9-15/h10-13,15H,3-9H2,1-2H3. The number of aliphatic hydroxyl groups excluding tert-OH is 1. The van der Waals surface area contributed by atoms with Crippen LogP contribution in [0.2, 0.25) is 0 Å². The average Bonchev–Trinajstić information content (AvgIpc) is 2.70. The van der Waals surface area contributed by atoms with E-state index < -0.39 is 0 Å². The Bertz CT molecular complexity index is 207. The molecule has 0 radical (unpaired) electrons. The molecule has 4 unspecified atom stereocenters. The number of nitrogens with zero attached hydrogens (tertiary/aromatic N) is 1. The molecule has 0 aromatic heterocycles. The van der Waals surface area contributed by atoms with Gasteiger partial charge in [0.1, 0.15) is 0 Å². The molecule has 15 heavy (non-hydrogen) atoms. The number of likely N-dealkylation sites (tertiary alicyclic amines) is 1. The zero-order valence-corrected chi connectivity index (χ0v) is 10.2. The molecule has 0 spiro atoms. The predicted molar refractivity (Wildman–Crippen MR) is 62.7 cm³/mol. The topological polar surface area (TPSA) is 23.5 Å². The number of rotatable bonds is 2. The summed E-state index contributed by atoms with van der Waals surface area (Å²) >= 11 is 0. The minimum absolute atomic E-state index is 0.382. The molecule has 0 aromatic rings. The van der Waals surface area contributed by atoms with Crippen molar-refractivity contribution in [1.29, 1.82) is 0 Å². The maximum Gasteiger partial charge on any atom is 0.0471 e. The van der Waals surface area contributed by atoms with Gasteiger partial charge in [0.25, 0.3) is 0 Å². The van der Waals surface area contributed by atoms with Crippen LogP contribution in [0, 0.1) is 17.8 Å². The molecular formula is C13H25NO. The summed E-state index contributed by atoms with van der Waals surface area (Å²) in [6.45, 7) is 7.55. The lowest BCUT2D eigenvalue weighted by molar-refractivity contribution is 0.0944. The highest BCUT2D eigenvalue weighted by Gasteiger charge is 2.34. The third-order valence-electron chi connectivity index (χ3n) is 4.71. The normalized spacial score (nSPS) is 43.4. The molecule has 2 aliphatic rings. The second kappa shape index (κ2) is 4.84. The minimum atomic E-state index is 0.382. The van der Waals surface area contributed by atoms with E-state index in [9.17, 15) is 5.11 Å². The van der Waals surface area contributed by atoms with Gasteiger partial charge in [-0.05, 0) is 37.1 Å². The van der Waals surface area contributed by atoms with E-state index in [0.717, 1.165) is 24.4 Å². The van der Waals surface area contributed by atoms with Crippen molar-refractivity contribution in [3.63, 3.8) is 0 Å². The lowest BCUT2D eigenvalue weighted by Gasteiger charge is -2.40. The Kier molecular flexibility index (Phi) is 3.68.